The second-order valence-corrected chi connectivity index (χ2v) is 6.94. The van der Waals surface area contributed by atoms with Gasteiger partial charge in [-0.25, -0.2) is 0 Å². The summed E-state index contributed by atoms with van der Waals surface area (Å²) >= 11 is 0. The minimum atomic E-state index is -3.32. The highest BCUT2D eigenvalue weighted by atomic mass is 31.2. The van der Waals surface area contributed by atoms with Gasteiger partial charge in [-0.1, -0.05) is 30.3 Å². The van der Waals surface area contributed by atoms with E-state index in [1.165, 1.54) is 14.2 Å². The Morgan fingerprint density at radius 3 is 2.27 bits per heavy atom. The first kappa shape index (κ1) is 18.6. The molecular weight excluding hydrogens is 307 g/mol. The number of carbonyl (C=O) groups excluding carboxylic acids is 2. The van der Waals surface area contributed by atoms with Crippen LogP contribution in [0.15, 0.2) is 30.3 Å². The maximum atomic E-state index is 11.8. The molecule has 0 saturated heterocycles. The Bertz CT molecular complexity index is 520. The molecule has 0 saturated carbocycles. The molecule has 0 spiro atoms. The molecule has 1 rings (SSSR count). The van der Waals surface area contributed by atoms with Crippen molar-refractivity contribution < 1.29 is 27.9 Å². The lowest BCUT2D eigenvalue weighted by Gasteiger charge is -2.12. The van der Waals surface area contributed by atoms with Crippen LogP contribution in [-0.2, 0) is 34.5 Å². The first-order chi connectivity index (χ1) is 10.5. The van der Waals surface area contributed by atoms with Gasteiger partial charge in [-0.05, 0) is 12.0 Å². The largest absolute Gasteiger partial charge is 0.461 e. The maximum absolute atomic E-state index is 11.8. The summed E-state index contributed by atoms with van der Waals surface area (Å²) in [6.07, 6.45) is 0.346. The summed E-state index contributed by atoms with van der Waals surface area (Å²) in [4.78, 5) is 23.2. The van der Waals surface area contributed by atoms with E-state index in [1.807, 2.05) is 30.3 Å². The molecule has 0 bridgehead atoms. The average Bonchev–Trinajstić information content (AvgIpc) is 2.53. The summed E-state index contributed by atoms with van der Waals surface area (Å²) < 4.78 is 26.2. The van der Waals surface area contributed by atoms with E-state index in [4.69, 9.17) is 13.8 Å². The van der Waals surface area contributed by atoms with Gasteiger partial charge >= 0.3 is 13.6 Å². The summed E-state index contributed by atoms with van der Waals surface area (Å²) in [5.41, 5.74) is 0.910. The number of benzene rings is 1. The zero-order chi connectivity index (χ0) is 16.4. The molecule has 0 radical (unpaired) electrons. The van der Waals surface area contributed by atoms with E-state index in [0.29, 0.717) is 6.42 Å². The standard InChI is InChI=1S/C15H21O6P/c1-19-22(18,20-2)12-14(16)9-6-10-15(17)21-11-13-7-4-3-5-8-13/h3-5,7-8H,6,9-12H2,1-2H3. The van der Waals surface area contributed by atoms with Crippen LogP contribution in [0.2, 0.25) is 0 Å². The first-order valence-electron chi connectivity index (χ1n) is 6.91. The minimum Gasteiger partial charge on any atom is -0.461 e. The fraction of sp³-hybridized carbons (Fsp3) is 0.467. The van der Waals surface area contributed by atoms with Crippen molar-refractivity contribution in [3.63, 3.8) is 0 Å². The molecule has 0 aliphatic heterocycles. The number of ether oxygens (including phenoxy) is 1. The molecule has 0 atom stereocenters. The molecule has 0 N–H and O–H groups in total. The van der Waals surface area contributed by atoms with E-state index >= 15 is 0 Å². The normalized spacial score (nSPS) is 11.2. The van der Waals surface area contributed by atoms with Crippen LogP contribution < -0.4 is 0 Å². The number of hydrogen-bond donors (Lipinski definition) is 0. The van der Waals surface area contributed by atoms with Gasteiger partial charge in [0.15, 0.2) is 0 Å². The van der Waals surface area contributed by atoms with Crippen molar-refractivity contribution in [2.24, 2.45) is 0 Å². The zero-order valence-corrected chi connectivity index (χ0v) is 13.7. The molecule has 0 aliphatic carbocycles. The quantitative estimate of drug-likeness (QED) is 0.485. The molecule has 0 heterocycles. The summed E-state index contributed by atoms with van der Waals surface area (Å²) in [5, 5.41) is 0. The number of Topliss-reactive ketones (excluding diaryl/α,β-unsaturated/α-hetero) is 1. The van der Waals surface area contributed by atoms with Crippen LogP contribution in [0.1, 0.15) is 24.8 Å². The Labute approximate surface area is 130 Å². The van der Waals surface area contributed by atoms with Crippen molar-refractivity contribution in [3.05, 3.63) is 35.9 Å². The topological polar surface area (TPSA) is 78.9 Å². The summed E-state index contributed by atoms with van der Waals surface area (Å²) in [6, 6.07) is 9.35. The van der Waals surface area contributed by atoms with E-state index in [-0.39, 0.29) is 37.4 Å². The molecule has 6 nitrogen and oxygen atoms in total. The van der Waals surface area contributed by atoms with E-state index < -0.39 is 7.60 Å². The fourth-order valence-electron chi connectivity index (χ4n) is 1.74. The molecule has 122 valence electrons. The molecule has 0 amide bonds. The van der Waals surface area contributed by atoms with E-state index in [0.717, 1.165) is 5.56 Å². The van der Waals surface area contributed by atoms with Crippen LogP contribution in [0.3, 0.4) is 0 Å². The molecule has 0 aromatic heterocycles. The number of esters is 1. The predicted octanol–water partition coefficient (Wildman–Crippen LogP) is 2.96. The highest BCUT2D eigenvalue weighted by Crippen LogP contribution is 2.46. The van der Waals surface area contributed by atoms with Gasteiger partial charge in [0.05, 0.1) is 0 Å². The molecule has 22 heavy (non-hydrogen) atoms. The molecule has 0 fully saturated rings. The van der Waals surface area contributed by atoms with E-state index in [2.05, 4.69) is 0 Å². The highest BCUT2D eigenvalue weighted by Gasteiger charge is 2.25. The third kappa shape index (κ3) is 6.98. The SMILES string of the molecule is COP(=O)(CC(=O)CCCC(=O)OCc1ccccc1)OC. The van der Waals surface area contributed by atoms with Crippen molar-refractivity contribution in [2.75, 3.05) is 20.4 Å². The Morgan fingerprint density at radius 2 is 1.68 bits per heavy atom. The number of rotatable bonds is 10. The smallest absolute Gasteiger partial charge is 0.337 e. The van der Waals surface area contributed by atoms with Crippen molar-refractivity contribution >= 4 is 19.3 Å². The van der Waals surface area contributed by atoms with Crippen molar-refractivity contribution in [1.82, 2.24) is 0 Å². The summed E-state index contributed by atoms with van der Waals surface area (Å²) in [6.45, 7) is 0.218. The zero-order valence-electron chi connectivity index (χ0n) is 12.8. The van der Waals surface area contributed by atoms with Crippen LogP contribution in [0.25, 0.3) is 0 Å². The Balaban J connectivity index is 2.22. The molecule has 0 aliphatic rings. The maximum Gasteiger partial charge on any atom is 0.337 e. The van der Waals surface area contributed by atoms with Crippen LogP contribution >= 0.6 is 7.60 Å². The monoisotopic (exact) mass is 328 g/mol. The second-order valence-electron chi connectivity index (χ2n) is 4.67. The van der Waals surface area contributed by atoms with Gasteiger partial charge in [0.1, 0.15) is 18.6 Å². The van der Waals surface area contributed by atoms with Crippen molar-refractivity contribution in [1.29, 1.82) is 0 Å². The number of hydrogen-bond acceptors (Lipinski definition) is 6. The minimum absolute atomic E-state index is 0.136. The van der Waals surface area contributed by atoms with Crippen molar-refractivity contribution in [3.8, 4) is 0 Å². The van der Waals surface area contributed by atoms with Crippen LogP contribution in [-0.4, -0.2) is 32.1 Å². The number of ketones is 1. The first-order valence-corrected chi connectivity index (χ1v) is 8.63. The Kier molecular flexibility index (Phi) is 8.02. The summed E-state index contributed by atoms with van der Waals surface area (Å²) in [7, 11) is -0.850. The van der Waals surface area contributed by atoms with Gasteiger partial charge in [-0.15, -0.1) is 0 Å². The van der Waals surface area contributed by atoms with Crippen molar-refractivity contribution in [2.45, 2.75) is 25.9 Å². The van der Waals surface area contributed by atoms with Gasteiger partial charge in [0.25, 0.3) is 0 Å². The van der Waals surface area contributed by atoms with Crippen LogP contribution in [0.4, 0.5) is 0 Å². The van der Waals surface area contributed by atoms with Gasteiger partial charge in [-0.3, -0.25) is 14.2 Å². The Morgan fingerprint density at radius 1 is 1.05 bits per heavy atom. The van der Waals surface area contributed by atoms with Gasteiger partial charge < -0.3 is 13.8 Å². The third-order valence-electron chi connectivity index (χ3n) is 3.01. The Hall–Kier alpha value is -1.49. The highest BCUT2D eigenvalue weighted by molar-refractivity contribution is 7.54. The van der Waals surface area contributed by atoms with Gasteiger partial charge in [0, 0.05) is 27.1 Å². The van der Waals surface area contributed by atoms with Gasteiger partial charge in [0.2, 0.25) is 0 Å². The lowest BCUT2D eigenvalue weighted by Crippen LogP contribution is -2.10. The fourth-order valence-corrected chi connectivity index (χ4v) is 2.74. The lowest BCUT2D eigenvalue weighted by molar-refractivity contribution is -0.145. The summed E-state index contributed by atoms with van der Waals surface area (Å²) in [5.74, 6) is -0.624. The molecule has 1 aromatic carbocycles. The van der Waals surface area contributed by atoms with Crippen LogP contribution in [0, 0.1) is 0 Å². The molecule has 1 aromatic rings. The second kappa shape index (κ2) is 9.51. The third-order valence-corrected chi connectivity index (χ3v) is 4.86. The number of carbonyl (C=O) groups is 2. The average molecular weight is 328 g/mol. The molecule has 7 heteroatoms. The van der Waals surface area contributed by atoms with Gasteiger partial charge in [-0.2, -0.15) is 0 Å². The molecular formula is C15H21O6P. The van der Waals surface area contributed by atoms with Crippen LogP contribution in [0.5, 0.6) is 0 Å². The predicted molar refractivity (Wildman–Crippen MR) is 81.6 cm³/mol. The van der Waals surface area contributed by atoms with E-state index in [9.17, 15) is 14.2 Å². The molecule has 0 unspecified atom stereocenters. The lowest BCUT2D eigenvalue weighted by atomic mass is 10.2. The van der Waals surface area contributed by atoms with E-state index in [1.54, 1.807) is 0 Å².